The number of anilines is 9. The number of aromatic nitrogens is 1. The minimum absolute atomic E-state index is 0.0140. The largest absolute Gasteiger partial charge is 0.456 e. The molecule has 6 heteroatoms. The van der Waals surface area contributed by atoms with Gasteiger partial charge in [-0.05, 0) is 196 Å². The van der Waals surface area contributed by atoms with E-state index in [1.54, 1.807) is 0 Å². The molecular weight excluding hydrogens is 1010 g/mol. The van der Waals surface area contributed by atoms with E-state index >= 15 is 0 Å². The lowest BCUT2D eigenvalue weighted by Crippen LogP contribution is -2.61. The number of furan rings is 1. The van der Waals surface area contributed by atoms with Gasteiger partial charge in [-0.1, -0.05) is 165 Å². The summed E-state index contributed by atoms with van der Waals surface area (Å²) in [6, 6.07) is 79.9. The smallest absolute Gasteiger partial charge is 0.252 e. The summed E-state index contributed by atoms with van der Waals surface area (Å²) in [6.07, 6.45) is 0. The van der Waals surface area contributed by atoms with Crippen molar-refractivity contribution >= 4 is 107 Å². The Labute approximate surface area is 490 Å². The van der Waals surface area contributed by atoms with Gasteiger partial charge in [0.15, 0.2) is 0 Å². The zero-order valence-corrected chi connectivity index (χ0v) is 50.0. The zero-order chi connectivity index (χ0) is 57.4. The van der Waals surface area contributed by atoms with Crippen LogP contribution in [0.1, 0.15) is 95.7 Å². The third-order valence-corrected chi connectivity index (χ3v) is 17.7. The summed E-state index contributed by atoms with van der Waals surface area (Å²) in [7, 11) is 0. The molecular formula is C77H71BN4O. The molecule has 5 nitrogen and oxygen atoms in total. The number of aryl methyl sites for hydroxylation is 3. The molecule has 2 aliphatic heterocycles. The van der Waals surface area contributed by atoms with Gasteiger partial charge in [-0.3, -0.25) is 0 Å². The SMILES string of the molecule is Cc1cc2c3c(c1)N(c1c(C)cc(-c4cc5ccccc5o4)cc1C)c1cc(N(c4ccc(C(C)(C)C)cc4)c4ccc5c6ccccc6n(-c6ccccc6)c5c4)ccc1B3c1cc(C(C)(C)C)ccc1N2c1ccc(C(C)(C)C)cc1. The van der Waals surface area contributed by atoms with Crippen LogP contribution in [0.25, 0.3) is 49.8 Å². The molecule has 14 rings (SSSR count). The highest BCUT2D eigenvalue weighted by Gasteiger charge is 2.45. The van der Waals surface area contributed by atoms with Crippen LogP contribution in [0, 0.1) is 20.8 Å². The van der Waals surface area contributed by atoms with Crippen molar-refractivity contribution in [1.82, 2.24) is 4.57 Å². The van der Waals surface area contributed by atoms with Crippen molar-refractivity contribution in [1.29, 1.82) is 0 Å². The first-order valence-electron chi connectivity index (χ1n) is 29.5. The summed E-state index contributed by atoms with van der Waals surface area (Å²) in [5.74, 6) is 0.869. The van der Waals surface area contributed by atoms with Crippen LogP contribution in [-0.4, -0.2) is 11.3 Å². The Bertz CT molecular complexity index is 4490. The van der Waals surface area contributed by atoms with Crippen LogP contribution in [-0.2, 0) is 16.2 Å². The number of hydrogen-bond donors (Lipinski definition) is 0. The standard InChI is InChI=1S/C77H71BN4O/c1-48-40-69-73-70(41-48)82(74-49(2)42-52(43-50(74)3)72-44-51-20-16-19-25-71(51)83-72)68-47-60(36-38-63(68)78(73)64-45-55(77(10,11)12)30-39-66(64)81(69)58-33-28-54(29-34-58)76(7,8)9)79(57-31-26-53(27-32-57)75(4,5)6)59-35-37-62-61-23-17-18-24-65(61)80(67(62)46-59)56-21-14-13-15-22-56/h13-47H,1-12H3. The Morgan fingerprint density at radius 1 is 0.410 bits per heavy atom. The Kier molecular flexibility index (Phi) is 12.0. The van der Waals surface area contributed by atoms with Gasteiger partial charge < -0.3 is 23.7 Å². The minimum atomic E-state index is -0.0792. The lowest BCUT2D eigenvalue weighted by molar-refractivity contribution is 0.590. The first-order valence-corrected chi connectivity index (χ1v) is 29.5. The second kappa shape index (κ2) is 19.0. The van der Waals surface area contributed by atoms with Gasteiger partial charge in [-0.25, -0.2) is 0 Å². The van der Waals surface area contributed by atoms with Crippen molar-refractivity contribution in [2.75, 3.05) is 14.7 Å². The van der Waals surface area contributed by atoms with E-state index < -0.39 is 0 Å². The summed E-state index contributed by atoms with van der Waals surface area (Å²) in [6.45, 7) is 27.6. The van der Waals surface area contributed by atoms with Crippen LogP contribution in [0.15, 0.2) is 217 Å². The van der Waals surface area contributed by atoms with Crippen LogP contribution in [0.4, 0.5) is 51.2 Å². The number of rotatable bonds is 7. The first-order chi connectivity index (χ1) is 39.8. The molecule has 0 aliphatic carbocycles. The molecule has 0 radical (unpaired) electrons. The number of nitrogens with zero attached hydrogens (tertiary/aromatic N) is 4. The molecule has 12 aromatic rings. The van der Waals surface area contributed by atoms with Gasteiger partial charge in [-0.2, -0.15) is 0 Å². The van der Waals surface area contributed by atoms with Gasteiger partial charge in [0.2, 0.25) is 0 Å². The van der Waals surface area contributed by atoms with E-state index in [0.29, 0.717) is 0 Å². The van der Waals surface area contributed by atoms with Crippen molar-refractivity contribution in [3.05, 3.63) is 246 Å². The zero-order valence-electron chi connectivity index (χ0n) is 50.0. The van der Waals surface area contributed by atoms with E-state index in [1.165, 1.54) is 88.8 Å². The molecule has 0 amide bonds. The molecule has 0 fully saturated rings. The minimum Gasteiger partial charge on any atom is -0.456 e. The maximum atomic E-state index is 6.58. The highest BCUT2D eigenvalue weighted by Crippen LogP contribution is 2.50. The molecule has 0 unspecified atom stereocenters. The molecule has 83 heavy (non-hydrogen) atoms. The lowest BCUT2D eigenvalue weighted by atomic mass is 9.33. The summed E-state index contributed by atoms with van der Waals surface area (Å²) in [4.78, 5) is 7.64. The van der Waals surface area contributed by atoms with Gasteiger partial charge in [0, 0.05) is 72.9 Å². The van der Waals surface area contributed by atoms with Crippen LogP contribution in [0.2, 0.25) is 0 Å². The average Bonchev–Trinajstić information content (AvgIpc) is 1.41. The number of benzene rings is 10. The molecule has 408 valence electrons. The maximum absolute atomic E-state index is 6.58. The quantitative estimate of drug-likeness (QED) is 0.149. The Morgan fingerprint density at radius 3 is 1.67 bits per heavy atom. The molecule has 4 heterocycles. The van der Waals surface area contributed by atoms with Gasteiger partial charge in [0.25, 0.3) is 6.71 Å². The fourth-order valence-corrected chi connectivity index (χ4v) is 13.4. The molecule has 0 spiro atoms. The molecule has 0 saturated heterocycles. The lowest BCUT2D eigenvalue weighted by Gasteiger charge is -2.45. The summed E-state index contributed by atoms with van der Waals surface area (Å²) in [5, 5.41) is 3.55. The highest BCUT2D eigenvalue weighted by atomic mass is 16.3. The second-order valence-corrected chi connectivity index (χ2v) is 26.5. The number of hydrogen-bond acceptors (Lipinski definition) is 4. The van der Waals surface area contributed by atoms with Gasteiger partial charge in [-0.15, -0.1) is 0 Å². The predicted octanol–water partition coefficient (Wildman–Crippen LogP) is 19.6. The van der Waals surface area contributed by atoms with E-state index in [-0.39, 0.29) is 23.0 Å². The Balaban J connectivity index is 1.04. The third-order valence-electron chi connectivity index (χ3n) is 17.7. The van der Waals surface area contributed by atoms with E-state index in [4.69, 9.17) is 4.42 Å². The van der Waals surface area contributed by atoms with E-state index in [0.717, 1.165) is 61.9 Å². The van der Waals surface area contributed by atoms with Crippen molar-refractivity contribution in [3.63, 3.8) is 0 Å². The van der Waals surface area contributed by atoms with Gasteiger partial charge in [0.1, 0.15) is 11.3 Å². The monoisotopic (exact) mass is 1080 g/mol. The van der Waals surface area contributed by atoms with Gasteiger partial charge >= 0.3 is 0 Å². The molecule has 0 saturated carbocycles. The molecule has 2 aliphatic rings. The molecule has 10 aromatic carbocycles. The first kappa shape index (κ1) is 52.1. The fourth-order valence-electron chi connectivity index (χ4n) is 13.4. The fraction of sp³-hybridized carbons (Fsp3) is 0.195. The normalized spacial score (nSPS) is 13.2. The van der Waals surface area contributed by atoms with E-state index in [9.17, 15) is 0 Å². The van der Waals surface area contributed by atoms with E-state index in [2.05, 4.69) is 309 Å². The molecule has 0 N–H and O–H groups in total. The van der Waals surface area contributed by atoms with Crippen molar-refractivity contribution in [3.8, 4) is 17.0 Å². The van der Waals surface area contributed by atoms with Crippen LogP contribution >= 0.6 is 0 Å². The highest BCUT2D eigenvalue weighted by molar-refractivity contribution is 7.00. The summed E-state index contributed by atoms with van der Waals surface area (Å²) < 4.78 is 9.00. The van der Waals surface area contributed by atoms with Crippen LogP contribution in [0.3, 0.4) is 0 Å². The number of para-hydroxylation sites is 3. The van der Waals surface area contributed by atoms with Crippen molar-refractivity contribution < 1.29 is 4.42 Å². The molecule has 2 aromatic heterocycles. The van der Waals surface area contributed by atoms with Crippen LogP contribution < -0.4 is 31.1 Å². The Hall–Kier alpha value is -9.00. The molecule has 0 bridgehead atoms. The van der Waals surface area contributed by atoms with Crippen molar-refractivity contribution in [2.45, 2.75) is 99.3 Å². The van der Waals surface area contributed by atoms with Crippen molar-refractivity contribution in [2.24, 2.45) is 0 Å². The maximum Gasteiger partial charge on any atom is 0.252 e. The third kappa shape index (κ3) is 8.67. The average molecular weight is 1080 g/mol. The summed E-state index contributed by atoms with van der Waals surface area (Å²) >= 11 is 0. The van der Waals surface area contributed by atoms with E-state index in [1.807, 2.05) is 6.07 Å². The topological polar surface area (TPSA) is 27.8 Å². The number of fused-ring (bicyclic) bond motifs is 8. The van der Waals surface area contributed by atoms with Gasteiger partial charge in [0.05, 0.1) is 16.7 Å². The summed E-state index contributed by atoms with van der Waals surface area (Å²) in [5.41, 5.74) is 27.0. The molecule has 0 atom stereocenters. The Morgan fingerprint density at radius 2 is 0.988 bits per heavy atom. The van der Waals surface area contributed by atoms with Crippen LogP contribution in [0.5, 0.6) is 0 Å². The second-order valence-electron chi connectivity index (χ2n) is 26.5. The predicted molar refractivity (Wildman–Crippen MR) is 355 cm³/mol.